The van der Waals surface area contributed by atoms with Gasteiger partial charge in [0.25, 0.3) is 0 Å². The van der Waals surface area contributed by atoms with Gasteiger partial charge in [0.1, 0.15) is 5.69 Å². The molecule has 0 fully saturated rings. The first-order valence-corrected chi connectivity index (χ1v) is 6.27. The molecule has 5 nitrogen and oxygen atoms in total. The molecular weight excluding hydrogens is 252 g/mol. The predicted octanol–water partition coefficient (Wildman–Crippen LogP) is 2.45. The molecule has 0 aliphatic heterocycles. The van der Waals surface area contributed by atoms with Crippen molar-refractivity contribution in [2.24, 2.45) is 5.73 Å². The van der Waals surface area contributed by atoms with Crippen molar-refractivity contribution < 1.29 is 4.52 Å². The Bertz CT molecular complexity index is 514. The molecule has 18 heavy (non-hydrogen) atoms. The van der Waals surface area contributed by atoms with Crippen LogP contribution in [0.15, 0.2) is 22.9 Å². The van der Waals surface area contributed by atoms with Crippen LogP contribution >= 0.6 is 11.6 Å². The van der Waals surface area contributed by atoms with E-state index in [1.807, 2.05) is 0 Å². The molecule has 0 saturated carbocycles. The van der Waals surface area contributed by atoms with Crippen LogP contribution in [0.4, 0.5) is 0 Å². The molecule has 0 aliphatic rings. The van der Waals surface area contributed by atoms with E-state index in [-0.39, 0.29) is 6.04 Å². The smallest absolute Gasteiger partial charge is 0.228 e. The minimum atomic E-state index is 0.0440. The molecule has 2 rings (SSSR count). The Hall–Kier alpha value is -1.46. The monoisotopic (exact) mass is 266 g/mol. The Morgan fingerprint density at radius 3 is 3.06 bits per heavy atom. The van der Waals surface area contributed by atoms with Crippen LogP contribution in [-0.4, -0.2) is 21.2 Å². The summed E-state index contributed by atoms with van der Waals surface area (Å²) < 4.78 is 5.15. The maximum atomic E-state index is 6.01. The molecule has 96 valence electrons. The van der Waals surface area contributed by atoms with Gasteiger partial charge in [-0.15, -0.1) is 0 Å². The number of hydrogen-bond acceptors (Lipinski definition) is 5. The molecule has 0 saturated heterocycles. The van der Waals surface area contributed by atoms with Crippen LogP contribution in [0.1, 0.15) is 25.7 Å². The number of halogens is 1. The lowest BCUT2D eigenvalue weighted by molar-refractivity contribution is 0.366. The molecule has 0 spiro atoms. The Kier molecular flexibility index (Phi) is 4.28. The molecule has 2 aromatic rings. The van der Waals surface area contributed by atoms with Crippen LogP contribution in [-0.2, 0) is 6.42 Å². The second kappa shape index (κ2) is 5.93. The van der Waals surface area contributed by atoms with Crippen molar-refractivity contribution in [1.82, 2.24) is 15.1 Å². The molecule has 0 amide bonds. The molecule has 1 unspecified atom stereocenters. The van der Waals surface area contributed by atoms with E-state index in [0.29, 0.717) is 28.9 Å². The lowest BCUT2D eigenvalue weighted by Crippen LogP contribution is -2.22. The summed E-state index contributed by atoms with van der Waals surface area (Å²) in [5.41, 5.74) is 6.45. The number of nitrogens with two attached hydrogens (primary N) is 1. The molecule has 1 atom stereocenters. The van der Waals surface area contributed by atoms with Gasteiger partial charge >= 0.3 is 0 Å². The number of hydrogen-bond donors (Lipinski definition) is 1. The lowest BCUT2D eigenvalue weighted by atomic mass is 10.1. The van der Waals surface area contributed by atoms with E-state index in [4.69, 9.17) is 21.9 Å². The van der Waals surface area contributed by atoms with Crippen molar-refractivity contribution in [3.63, 3.8) is 0 Å². The van der Waals surface area contributed by atoms with E-state index in [9.17, 15) is 0 Å². The average Bonchev–Trinajstić information content (AvgIpc) is 2.78. The molecular formula is C12H15ClN4O. The van der Waals surface area contributed by atoms with Gasteiger partial charge in [-0.25, -0.2) is 0 Å². The van der Waals surface area contributed by atoms with E-state index >= 15 is 0 Å². The van der Waals surface area contributed by atoms with Crippen molar-refractivity contribution in [3.05, 3.63) is 29.2 Å². The van der Waals surface area contributed by atoms with Crippen molar-refractivity contribution in [3.8, 4) is 11.5 Å². The number of rotatable bonds is 5. The third kappa shape index (κ3) is 3.05. The largest absolute Gasteiger partial charge is 0.339 e. The van der Waals surface area contributed by atoms with Gasteiger partial charge in [0, 0.05) is 18.7 Å². The highest BCUT2D eigenvalue weighted by Crippen LogP contribution is 2.22. The normalized spacial score (nSPS) is 12.6. The van der Waals surface area contributed by atoms with Crippen molar-refractivity contribution in [2.75, 3.05) is 0 Å². The third-order valence-electron chi connectivity index (χ3n) is 2.53. The summed E-state index contributed by atoms with van der Waals surface area (Å²) in [5, 5.41) is 4.37. The molecule has 0 aromatic carbocycles. The summed E-state index contributed by atoms with van der Waals surface area (Å²) in [7, 11) is 0. The minimum absolute atomic E-state index is 0.0440. The van der Waals surface area contributed by atoms with E-state index < -0.39 is 0 Å². The zero-order chi connectivity index (χ0) is 13.0. The number of nitrogens with zero attached hydrogens (tertiary/aromatic N) is 3. The van der Waals surface area contributed by atoms with E-state index in [0.717, 1.165) is 12.8 Å². The summed E-state index contributed by atoms with van der Waals surface area (Å²) in [6, 6.07) is 3.54. The van der Waals surface area contributed by atoms with Crippen LogP contribution < -0.4 is 5.73 Å². The van der Waals surface area contributed by atoms with Gasteiger partial charge in [-0.1, -0.05) is 30.1 Å². The Morgan fingerprint density at radius 1 is 1.50 bits per heavy atom. The minimum Gasteiger partial charge on any atom is -0.339 e. The Morgan fingerprint density at radius 2 is 2.33 bits per heavy atom. The molecule has 2 aromatic heterocycles. The summed E-state index contributed by atoms with van der Waals surface area (Å²) >= 11 is 6.01. The van der Waals surface area contributed by atoms with Crippen LogP contribution in [0, 0.1) is 0 Å². The summed E-state index contributed by atoms with van der Waals surface area (Å²) in [4.78, 5) is 8.39. The quantitative estimate of drug-likeness (QED) is 0.899. The highest BCUT2D eigenvalue weighted by atomic mass is 35.5. The molecule has 2 N–H and O–H groups in total. The number of pyridine rings is 1. The van der Waals surface area contributed by atoms with Crippen molar-refractivity contribution in [2.45, 2.75) is 32.2 Å². The Labute approximate surface area is 110 Å². The summed E-state index contributed by atoms with van der Waals surface area (Å²) in [6.45, 7) is 2.09. The number of aromatic nitrogens is 3. The van der Waals surface area contributed by atoms with Crippen LogP contribution in [0.5, 0.6) is 0 Å². The fourth-order valence-electron chi connectivity index (χ4n) is 1.68. The SMILES string of the molecule is CCCC(N)Cc1nc(-c2ncccc2Cl)no1. The highest BCUT2D eigenvalue weighted by Gasteiger charge is 2.14. The van der Waals surface area contributed by atoms with Crippen LogP contribution in [0.3, 0.4) is 0 Å². The second-order valence-electron chi connectivity index (χ2n) is 4.10. The van der Waals surface area contributed by atoms with Gasteiger partial charge < -0.3 is 10.3 Å². The van der Waals surface area contributed by atoms with Crippen LogP contribution in [0.25, 0.3) is 11.5 Å². The standard InChI is InChI=1S/C12H15ClN4O/c1-2-4-8(14)7-10-16-12(17-18-10)11-9(13)5-3-6-15-11/h3,5-6,8H,2,4,7,14H2,1H3. The molecule has 0 radical (unpaired) electrons. The zero-order valence-electron chi connectivity index (χ0n) is 10.1. The first kappa shape index (κ1) is 13.0. The van der Waals surface area contributed by atoms with Crippen molar-refractivity contribution in [1.29, 1.82) is 0 Å². The second-order valence-corrected chi connectivity index (χ2v) is 4.51. The van der Waals surface area contributed by atoms with Gasteiger partial charge in [-0.05, 0) is 18.6 Å². The van der Waals surface area contributed by atoms with E-state index in [2.05, 4.69) is 22.0 Å². The summed E-state index contributed by atoms with van der Waals surface area (Å²) in [6.07, 6.45) is 4.18. The molecule has 2 heterocycles. The fourth-order valence-corrected chi connectivity index (χ4v) is 1.89. The summed E-state index contributed by atoms with van der Waals surface area (Å²) in [5.74, 6) is 0.923. The van der Waals surface area contributed by atoms with E-state index in [1.165, 1.54) is 0 Å². The molecule has 6 heteroatoms. The fraction of sp³-hybridized carbons (Fsp3) is 0.417. The first-order valence-electron chi connectivity index (χ1n) is 5.89. The molecule has 0 bridgehead atoms. The van der Waals surface area contributed by atoms with Crippen LogP contribution in [0.2, 0.25) is 5.02 Å². The van der Waals surface area contributed by atoms with Gasteiger partial charge in [0.2, 0.25) is 11.7 Å². The Balaban J connectivity index is 2.13. The highest BCUT2D eigenvalue weighted by molar-refractivity contribution is 6.32. The zero-order valence-corrected chi connectivity index (χ0v) is 10.9. The van der Waals surface area contributed by atoms with Gasteiger partial charge in [-0.2, -0.15) is 4.98 Å². The van der Waals surface area contributed by atoms with Gasteiger partial charge in [-0.3, -0.25) is 4.98 Å². The predicted molar refractivity (Wildman–Crippen MR) is 69.1 cm³/mol. The lowest BCUT2D eigenvalue weighted by Gasteiger charge is -2.05. The first-order chi connectivity index (χ1) is 8.70. The van der Waals surface area contributed by atoms with E-state index in [1.54, 1.807) is 18.3 Å². The third-order valence-corrected chi connectivity index (χ3v) is 2.84. The van der Waals surface area contributed by atoms with Gasteiger partial charge in [0.15, 0.2) is 0 Å². The average molecular weight is 267 g/mol. The van der Waals surface area contributed by atoms with Crippen molar-refractivity contribution >= 4 is 11.6 Å². The molecule has 0 aliphatic carbocycles. The maximum Gasteiger partial charge on any atom is 0.228 e. The maximum absolute atomic E-state index is 6.01. The topological polar surface area (TPSA) is 77.8 Å². The van der Waals surface area contributed by atoms with Gasteiger partial charge in [0.05, 0.1) is 5.02 Å².